The van der Waals surface area contributed by atoms with Crippen LogP contribution in [0.15, 0.2) is 0 Å². The Bertz CT molecular complexity index is 354. The molecule has 1 atom stereocenters. The molecular weight excluding hydrogens is 306 g/mol. The number of halogens is 1. The van der Waals surface area contributed by atoms with E-state index in [-0.39, 0.29) is 17.8 Å². The van der Waals surface area contributed by atoms with Gasteiger partial charge in [0.2, 0.25) is 10.0 Å². The Morgan fingerprint density at radius 2 is 2.06 bits per heavy atom. The van der Waals surface area contributed by atoms with Crippen LogP contribution in [0.25, 0.3) is 0 Å². The van der Waals surface area contributed by atoms with E-state index < -0.39 is 15.6 Å². The summed E-state index contributed by atoms with van der Waals surface area (Å²) in [6.07, 6.45) is -0.0688. The Balaban J connectivity index is 2.83. The first-order valence-electron chi connectivity index (χ1n) is 5.88. The molecule has 0 aromatic carbocycles. The van der Waals surface area contributed by atoms with E-state index in [1.807, 2.05) is 27.7 Å². The molecule has 1 rings (SSSR count). The minimum absolute atomic E-state index is 0.0688. The molecule has 0 amide bonds. The van der Waals surface area contributed by atoms with E-state index in [0.717, 1.165) is 0 Å². The number of ether oxygens (including phenoxy) is 1. The molecule has 1 unspecified atom stereocenters. The van der Waals surface area contributed by atoms with Crippen molar-refractivity contribution >= 4 is 26.0 Å². The van der Waals surface area contributed by atoms with E-state index in [0.29, 0.717) is 18.4 Å². The van der Waals surface area contributed by atoms with Crippen molar-refractivity contribution < 1.29 is 13.2 Å². The third-order valence-electron chi connectivity index (χ3n) is 2.56. The lowest BCUT2D eigenvalue weighted by atomic mass is 10.1. The molecule has 0 saturated carbocycles. The van der Waals surface area contributed by atoms with Crippen molar-refractivity contribution in [3.8, 4) is 0 Å². The third-order valence-corrected chi connectivity index (χ3v) is 5.43. The van der Waals surface area contributed by atoms with Gasteiger partial charge in [0.25, 0.3) is 0 Å². The molecule has 1 fully saturated rings. The number of morpholine rings is 1. The normalized spacial score (nSPS) is 26.4. The molecule has 0 aromatic rings. The van der Waals surface area contributed by atoms with Gasteiger partial charge in [0.05, 0.1) is 17.5 Å². The lowest BCUT2D eigenvalue weighted by Crippen LogP contribution is -2.55. The van der Waals surface area contributed by atoms with Gasteiger partial charge in [-0.1, -0.05) is 29.8 Å². The molecule has 1 aliphatic heterocycles. The van der Waals surface area contributed by atoms with Crippen LogP contribution < -0.4 is 0 Å². The molecular formula is C11H22BrNO3S. The van der Waals surface area contributed by atoms with Crippen LogP contribution in [0.4, 0.5) is 0 Å². The van der Waals surface area contributed by atoms with Gasteiger partial charge in [0.15, 0.2) is 0 Å². The maximum Gasteiger partial charge on any atom is 0.214 e. The molecule has 17 heavy (non-hydrogen) atoms. The monoisotopic (exact) mass is 327 g/mol. The predicted molar refractivity (Wildman–Crippen MR) is 72.9 cm³/mol. The molecule has 0 aliphatic carbocycles. The second-order valence-electron chi connectivity index (χ2n) is 5.62. The Hall–Kier alpha value is 0.350. The summed E-state index contributed by atoms with van der Waals surface area (Å²) in [5.74, 6) is 0.353. The van der Waals surface area contributed by atoms with Gasteiger partial charge in [-0.2, -0.15) is 4.31 Å². The number of rotatable bonds is 4. The first-order valence-corrected chi connectivity index (χ1v) is 8.61. The van der Waals surface area contributed by atoms with Crippen LogP contribution in [0.2, 0.25) is 0 Å². The predicted octanol–water partition coefficient (Wildman–Crippen LogP) is 1.85. The smallest absolute Gasteiger partial charge is 0.214 e. The Kier molecular flexibility index (Phi) is 5.03. The van der Waals surface area contributed by atoms with Gasteiger partial charge in [-0.15, -0.1) is 0 Å². The van der Waals surface area contributed by atoms with Crippen molar-refractivity contribution in [2.75, 3.05) is 24.2 Å². The van der Waals surface area contributed by atoms with Gasteiger partial charge in [0.1, 0.15) is 0 Å². The van der Waals surface area contributed by atoms with Gasteiger partial charge in [-0.05, 0) is 19.8 Å². The number of hydrogen-bond donors (Lipinski definition) is 0. The summed E-state index contributed by atoms with van der Waals surface area (Å²) in [6.45, 7) is 8.59. The zero-order valence-electron chi connectivity index (χ0n) is 10.9. The minimum atomic E-state index is -3.16. The highest BCUT2D eigenvalue weighted by molar-refractivity contribution is 9.09. The number of nitrogens with zero attached hydrogens (tertiary/aromatic N) is 1. The summed E-state index contributed by atoms with van der Waals surface area (Å²) >= 11 is 3.36. The summed E-state index contributed by atoms with van der Waals surface area (Å²) in [5.41, 5.74) is -0.416. The van der Waals surface area contributed by atoms with Crippen LogP contribution >= 0.6 is 15.9 Å². The largest absolute Gasteiger partial charge is 0.369 e. The fourth-order valence-corrected chi connectivity index (χ4v) is 4.35. The van der Waals surface area contributed by atoms with Crippen molar-refractivity contribution in [1.82, 2.24) is 4.31 Å². The first-order chi connectivity index (χ1) is 7.66. The second-order valence-corrected chi connectivity index (χ2v) is 8.28. The van der Waals surface area contributed by atoms with Crippen molar-refractivity contribution in [3.05, 3.63) is 0 Å². The molecule has 1 heterocycles. The van der Waals surface area contributed by atoms with Gasteiger partial charge in [-0.25, -0.2) is 8.42 Å². The summed E-state index contributed by atoms with van der Waals surface area (Å²) in [5, 5.41) is 0.657. The topological polar surface area (TPSA) is 46.6 Å². The fraction of sp³-hybridized carbons (Fsp3) is 1.00. The van der Waals surface area contributed by atoms with Crippen LogP contribution in [-0.2, 0) is 14.8 Å². The SMILES string of the molecule is CC(C)CS(=O)(=O)N1CC(CBr)OC(C)(C)C1. The van der Waals surface area contributed by atoms with E-state index in [1.165, 1.54) is 0 Å². The molecule has 1 aliphatic rings. The first kappa shape index (κ1) is 15.4. The highest BCUT2D eigenvalue weighted by Crippen LogP contribution is 2.24. The summed E-state index contributed by atoms with van der Waals surface area (Å²) in [4.78, 5) is 0. The van der Waals surface area contributed by atoms with Gasteiger partial charge < -0.3 is 4.74 Å². The second kappa shape index (κ2) is 5.55. The lowest BCUT2D eigenvalue weighted by molar-refractivity contribution is -0.107. The van der Waals surface area contributed by atoms with E-state index in [4.69, 9.17) is 4.74 Å². The lowest BCUT2D eigenvalue weighted by Gasteiger charge is -2.41. The maximum atomic E-state index is 12.2. The molecule has 0 spiro atoms. The van der Waals surface area contributed by atoms with Crippen LogP contribution in [0, 0.1) is 5.92 Å². The van der Waals surface area contributed by atoms with Crippen LogP contribution in [0.5, 0.6) is 0 Å². The van der Waals surface area contributed by atoms with Crippen LogP contribution in [0.1, 0.15) is 27.7 Å². The zero-order chi connectivity index (χ0) is 13.3. The van der Waals surface area contributed by atoms with Gasteiger partial charge in [0, 0.05) is 18.4 Å². The van der Waals surface area contributed by atoms with E-state index in [9.17, 15) is 8.42 Å². The summed E-state index contributed by atoms with van der Waals surface area (Å²) < 4.78 is 31.8. The molecule has 6 heteroatoms. The van der Waals surface area contributed by atoms with Crippen molar-refractivity contribution in [2.24, 2.45) is 5.92 Å². The average molecular weight is 328 g/mol. The highest BCUT2D eigenvalue weighted by Gasteiger charge is 2.38. The van der Waals surface area contributed by atoms with Gasteiger partial charge in [-0.3, -0.25) is 0 Å². The molecule has 0 bridgehead atoms. The average Bonchev–Trinajstić information content (AvgIpc) is 2.13. The Morgan fingerprint density at radius 1 is 1.47 bits per heavy atom. The molecule has 0 aromatic heterocycles. The van der Waals surface area contributed by atoms with Gasteiger partial charge >= 0.3 is 0 Å². The maximum absolute atomic E-state index is 12.2. The highest BCUT2D eigenvalue weighted by atomic mass is 79.9. The van der Waals surface area contributed by atoms with Crippen molar-refractivity contribution in [2.45, 2.75) is 39.4 Å². The van der Waals surface area contributed by atoms with E-state index in [1.54, 1.807) is 4.31 Å². The molecule has 1 saturated heterocycles. The Labute approximate surface area is 113 Å². The molecule has 0 radical (unpaired) electrons. The number of sulfonamides is 1. The quantitative estimate of drug-likeness (QED) is 0.740. The zero-order valence-corrected chi connectivity index (χ0v) is 13.3. The summed E-state index contributed by atoms with van der Waals surface area (Å²) in [6, 6.07) is 0. The Morgan fingerprint density at radius 3 is 2.53 bits per heavy atom. The number of alkyl halides is 1. The van der Waals surface area contributed by atoms with Crippen molar-refractivity contribution in [1.29, 1.82) is 0 Å². The molecule has 0 N–H and O–H groups in total. The number of hydrogen-bond acceptors (Lipinski definition) is 3. The minimum Gasteiger partial charge on any atom is -0.369 e. The standard InChI is InChI=1S/C11H22BrNO3S/c1-9(2)7-17(14,15)13-6-10(5-12)16-11(3,4)8-13/h9-10H,5-8H2,1-4H3. The van der Waals surface area contributed by atoms with Crippen LogP contribution in [-0.4, -0.2) is 48.6 Å². The summed E-state index contributed by atoms with van der Waals surface area (Å²) in [7, 11) is -3.16. The third kappa shape index (κ3) is 4.50. The fourth-order valence-electron chi connectivity index (χ4n) is 2.06. The molecule has 102 valence electrons. The van der Waals surface area contributed by atoms with Crippen molar-refractivity contribution in [3.63, 3.8) is 0 Å². The van der Waals surface area contributed by atoms with E-state index >= 15 is 0 Å². The molecule has 4 nitrogen and oxygen atoms in total. The van der Waals surface area contributed by atoms with E-state index in [2.05, 4.69) is 15.9 Å². The van der Waals surface area contributed by atoms with Crippen LogP contribution in [0.3, 0.4) is 0 Å².